The molecule has 1 aliphatic rings. The molecule has 0 saturated heterocycles. The van der Waals surface area contributed by atoms with Crippen molar-refractivity contribution in [3.05, 3.63) is 70.4 Å². The summed E-state index contributed by atoms with van der Waals surface area (Å²) in [5.41, 5.74) is 3.62. The van der Waals surface area contributed by atoms with Gasteiger partial charge in [0.05, 0.1) is 7.11 Å². The Morgan fingerprint density at radius 1 is 1.25 bits per heavy atom. The molecule has 100 valence electrons. The van der Waals surface area contributed by atoms with Gasteiger partial charge < -0.3 is 9.72 Å². The van der Waals surface area contributed by atoms with Crippen LogP contribution in [0, 0.1) is 0 Å². The van der Waals surface area contributed by atoms with E-state index >= 15 is 0 Å². The molecule has 3 rings (SSSR count). The van der Waals surface area contributed by atoms with Crippen LogP contribution in [0.5, 0.6) is 0 Å². The van der Waals surface area contributed by atoms with E-state index in [2.05, 4.69) is 29.8 Å². The predicted molar refractivity (Wildman–Crippen MR) is 78.6 cm³/mol. The summed E-state index contributed by atoms with van der Waals surface area (Å²) in [5, 5.41) is 2.34. The lowest BCUT2D eigenvalue weighted by Gasteiger charge is -2.12. The number of hydrogen-bond acceptors (Lipinski definition) is 2. The van der Waals surface area contributed by atoms with Crippen molar-refractivity contribution in [1.82, 2.24) is 4.98 Å². The van der Waals surface area contributed by atoms with E-state index in [9.17, 15) is 4.79 Å². The Balaban J connectivity index is 2.19. The van der Waals surface area contributed by atoms with Crippen LogP contribution >= 0.6 is 0 Å². The monoisotopic (exact) mass is 265 g/mol. The van der Waals surface area contributed by atoms with Crippen LogP contribution in [-0.4, -0.2) is 18.1 Å². The van der Waals surface area contributed by atoms with Crippen LogP contribution in [0.15, 0.2) is 48.6 Å². The molecular formula is C17H15NO2. The summed E-state index contributed by atoms with van der Waals surface area (Å²) >= 11 is 0. The second-order valence-electron chi connectivity index (χ2n) is 4.82. The number of hydrogen-bond donors (Lipinski definition) is 1. The van der Waals surface area contributed by atoms with Crippen molar-refractivity contribution in [2.45, 2.75) is 6.42 Å². The van der Waals surface area contributed by atoms with Gasteiger partial charge in [-0.05, 0) is 34.6 Å². The number of ether oxygens (including phenoxy) is 1. The van der Waals surface area contributed by atoms with Crippen molar-refractivity contribution in [2.75, 3.05) is 7.11 Å². The standard InChI is InChI=1S/C17H15NO2/c1-11-9-12-5-3-4-6-13(12)14(10-11)15-7-8-16(18-15)17(19)20-2/h3-9,18H,1,10H2,2H3. The maximum absolute atomic E-state index is 11.5. The van der Waals surface area contributed by atoms with E-state index < -0.39 is 0 Å². The summed E-state index contributed by atoms with van der Waals surface area (Å²) in [7, 11) is 1.38. The van der Waals surface area contributed by atoms with E-state index in [0.717, 1.165) is 28.5 Å². The van der Waals surface area contributed by atoms with E-state index in [1.54, 1.807) is 6.07 Å². The molecule has 0 radical (unpaired) electrons. The number of allylic oxidation sites excluding steroid dienone is 1. The first-order chi connectivity index (χ1) is 9.69. The molecule has 0 saturated carbocycles. The highest BCUT2D eigenvalue weighted by atomic mass is 16.5. The Hall–Kier alpha value is -2.55. The lowest BCUT2D eigenvalue weighted by molar-refractivity contribution is 0.0595. The summed E-state index contributed by atoms with van der Waals surface area (Å²) in [6, 6.07) is 11.9. The fraction of sp³-hybridized carbons (Fsp3) is 0.118. The first kappa shape index (κ1) is 12.5. The van der Waals surface area contributed by atoms with Crippen LogP contribution in [-0.2, 0) is 4.74 Å². The van der Waals surface area contributed by atoms with Gasteiger partial charge in [0.1, 0.15) is 5.69 Å². The van der Waals surface area contributed by atoms with E-state index in [1.165, 1.54) is 12.3 Å². The largest absolute Gasteiger partial charge is 0.464 e. The molecule has 1 aromatic carbocycles. The minimum Gasteiger partial charge on any atom is -0.464 e. The summed E-state index contributed by atoms with van der Waals surface area (Å²) < 4.78 is 4.72. The lowest BCUT2D eigenvalue weighted by Crippen LogP contribution is -2.30. The highest BCUT2D eigenvalue weighted by molar-refractivity contribution is 5.88. The van der Waals surface area contributed by atoms with E-state index in [0.29, 0.717) is 5.69 Å². The zero-order chi connectivity index (χ0) is 14.1. The Labute approximate surface area is 116 Å². The predicted octanol–water partition coefficient (Wildman–Crippen LogP) is 1.74. The smallest absolute Gasteiger partial charge is 0.354 e. The number of H-pyrrole nitrogens is 1. The summed E-state index contributed by atoms with van der Waals surface area (Å²) in [4.78, 5) is 14.7. The van der Waals surface area contributed by atoms with Gasteiger partial charge in [-0.3, -0.25) is 0 Å². The molecule has 0 unspecified atom stereocenters. The average Bonchev–Trinajstić information content (AvgIpc) is 2.95. The molecule has 1 heterocycles. The Bertz CT molecular complexity index is 812. The van der Waals surface area contributed by atoms with Gasteiger partial charge in [-0.25, -0.2) is 4.79 Å². The third kappa shape index (κ3) is 2.07. The maximum atomic E-state index is 11.5. The number of rotatable bonds is 2. The Kier molecular flexibility index (Phi) is 3.03. The van der Waals surface area contributed by atoms with Crippen molar-refractivity contribution < 1.29 is 9.53 Å². The van der Waals surface area contributed by atoms with E-state index in [4.69, 9.17) is 4.74 Å². The van der Waals surface area contributed by atoms with Crippen molar-refractivity contribution in [2.24, 2.45) is 0 Å². The molecule has 0 aliphatic heterocycles. The van der Waals surface area contributed by atoms with Gasteiger partial charge in [0.15, 0.2) is 0 Å². The lowest BCUT2D eigenvalue weighted by atomic mass is 9.94. The molecule has 0 atom stereocenters. The Morgan fingerprint density at radius 3 is 2.85 bits per heavy atom. The minimum absolute atomic E-state index is 0.355. The number of esters is 1. The molecule has 1 aliphatic carbocycles. The van der Waals surface area contributed by atoms with Gasteiger partial charge in [0.2, 0.25) is 0 Å². The molecule has 0 amide bonds. The molecular weight excluding hydrogens is 250 g/mol. The number of carbonyl (C=O) groups excluding carboxylic acids is 1. The van der Waals surface area contributed by atoms with Gasteiger partial charge in [-0.15, -0.1) is 0 Å². The number of fused-ring (bicyclic) bond motifs is 1. The summed E-state index contributed by atoms with van der Waals surface area (Å²) in [6.45, 7) is 4.06. The van der Waals surface area contributed by atoms with Crippen LogP contribution in [0.25, 0.3) is 11.6 Å². The quantitative estimate of drug-likeness (QED) is 0.840. The van der Waals surface area contributed by atoms with E-state index in [1.807, 2.05) is 18.2 Å². The molecule has 2 aromatic rings. The van der Waals surface area contributed by atoms with Gasteiger partial charge in [0.25, 0.3) is 0 Å². The zero-order valence-electron chi connectivity index (χ0n) is 11.3. The van der Waals surface area contributed by atoms with Gasteiger partial charge in [-0.2, -0.15) is 0 Å². The molecule has 3 nitrogen and oxygen atoms in total. The normalized spacial score (nSPS) is 13.7. The summed E-state index contributed by atoms with van der Waals surface area (Å²) in [6.07, 6.45) is 2.88. The van der Waals surface area contributed by atoms with Crippen LogP contribution < -0.4 is 10.4 Å². The van der Waals surface area contributed by atoms with Crippen molar-refractivity contribution >= 4 is 17.6 Å². The van der Waals surface area contributed by atoms with Gasteiger partial charge in [0, 0.05) is 5.69 Å². The van der Waals surface area contributed by atoms with Gasteiger partial charge >= 0.3 is 5.97 Å². The van der Waals surface area contributed by atoms with Crippen LogP contribution in [0.1, 0.15) is 22.6 Å². The molecule has 0 bridgehead atoms. The van der Waals surface area contributed by atoms with Crippen molar-refractivity contribution in [1.29, 1.82) is 0 Å². The highest BCUT2D eigenvalue weighted by Gasteiger charge is 2.13. The van der Waals surface area contributed by atoms with Gasteiger partial charge in [-0.1, -0.05) is 42.5 Å². The molecule has 0 fully saturated rings. The number of aromatic nitrogens is 1. The Morgan fingerprint density at radius 2 is 2.05 bits per heavy atom. The van der Waals surface area contributed by atoms with E-state index in [-0.39, 0.29) is 5.97 Å². The summed E-state index contributed by atoms with van der Waals surface area (Å²) in [5.74, 6) is -0.355. The second kappa shape index (κ2) is 4.85. The molecule has 1 aromatic heterocycles. The van der Waals surface area contributed by atoms with Crippen LogP contribution in [0.2, 0.25) is 0 Å². The van der Waals surface area contributed by atoms with Crippen molar-refractivity contribution in [3.63, 3.8) is 0 Å². The first-order valence-electron chi connectivity index (χ1n) is 6.44. The maximum Gasteiger partial charge on any atom is 0.354 e. The topological polar surface area (TPSA) is 42.1 Å². The SMILES string of the molecule is C=C1C=c2ccccc2=C(c2ccc(C(=O)OC)[nH]2)C1. The second-order valence-corrected chi connectivity index (χ2v) is 4.82. The average molecular weight is 265 g/mol. The third-order valence-electron chi connectivity index (χ3n) is 3.47. The highest BCUT2D eigenvalue weighted by Crippen LogP contribution is 2.21. The molecule has 0 spiro atoms. The van der Waals surface area contributed by atoms with Crippen LogP contribution in [0.3, 0.4) is 0 Å². The minimum atomic E-state index is -0.355. The molecule has 3 heteroatoms. The number of methoxy groups -OCH3 is 1. The fourth-order valence-corrected chi connectivity index (χ4v) is 2.53. The molecule has 20 heavy (non-hydrogen) atoms. The van der Waals surface area contributed by atoms with Crippen LogP contribution in [0.4, 0.5) is 0 Å². The molecule has 1 N–H and O–H groups in total. The number of carbonyl (C=O) groups is 1. The fourth-order valence-electron chi connectivity index (χ4n) is 2.53. The van der Waals surface area contributed by atoms with Crippen molar-refractivity contribution in [3.8, 4) is 0 Å². The first-order valence-corrected chi connectivity index (χ1v) is 6.44. The number of benzene rings is 1. The number of aromatic amines is 1. The zero-order valence-corrected chi connectivity index (χ0v) is 11.3. The third-order valence-corrected chi connectivity index (χ3v) is 3.47. The number of nitrogens with one attached hydrogen (secondary N) is 1.